The van der Waals surface area contributed by atoms with E-state index in [4.69, 9.17) is 26.3 Å². The SMILES string of the molecule is COc1cc(C(=O)Nc2ccc(C#N)cc2)cc(Cl)c1OCCC(C)C. The molecule has 2 aromatic rings. The molecule has 1 N–H and O–H groups in total. The number of nitrogens with one attached hydrogen (secondary N) is 1. The van der Waals surface area contributed by atoms with E-state index in [1.54, 1.807) is 36.4 Å². The molecule has 0 aromatic heterocycles. The topological polar surface area (TPSA) is 71.3 Å². The summed E-state index contributed by atoms with van der Waals surface area (Å²) < 4.78 is 11.1. The molecule has 0 bridgehead atoms. The molecule has 5 nitrogen and oxygen atoms in total. The van der Waals surface area contributed by atoms with Crippen LogP contribution in [0, 0.1) is 17.2 Å². The van der Waals surface area contributed by atoms with Crippen molar-refractivity contribution in [1.29, 1.82) is 5.26 Å². The highest BCUT2D eigenvalue weighted by Gasteiger charge is 2.16. The van der Waals surface area contributed by atoms with Crippen LogP contribution in [0.15, 0.2) is 36.4 Å². The summed E-state index contributed by atoms with van der Waals surface area (Å²) in [6, 6.07) is 11.8. The standard InChI is InChI=1S/C20H21ClN2O3/c1-13(2)8-9-26-19-17(21)10-15(11-18(19)25-3)20(24)23-16-6-4-14(12-22)5-7-16/h4-7,10-11,13H,8-9H2,1-3H3,(H,23,24). The molecule has 0 aliphatic carbocycles. The van der Waals surface area contributed by atoms with Crippen LogP contribution in [-0.4, -0.2) is 19.6 Å². The molecule has 1 amide bonds. The zero-order chi connectivity index (χ0) is 19.1. The Morgan fingerprint density at radius 1 is 1.27 bits per heavy atom. The summed E-state index contributed by atoms with van der Waals surface area (Å²) in [4.78, 5) is 12.5. The van der Waals surface area contributed by atoms with E-state index < -0.39 is 0 Å². The van der Waals surface area contributed by atoms with Crippen LogP contribution in [0.3, 0.4) is 0 Å². The fourth-order valence-electron chi connectivity index (χ4n) is 2.22. The number of methoxy groups -OCH3 is 1. The predicted molar refractivity (Wildman–Crippen MR) is 102 cm³/mol. The zero-order valence-electron chi connectivity index (χ0n) is 15.0. The van der Waals surface area contributed by atoms with Crippen LogP contribution in [0.4, 0.5) is 5.69 Å². The van der Waals surface area contributed by atoms with Crippen molar-refractivity contribution in [1.82, 2.24) is 0 Å². The molecule has 136 valence electrons. The summed E-state index contributed by atoms with van der Waals surface area (Å²) in [5.41, 5.74) is 1.46. The minimum atomic E-state index is -0.330. The lowest BCUT2D eigenvalue weighted by Gasteiger charge is -2.15. The van der Waals surface area contributed by atoms with E-state index in [1.807, 2.05) is 6.07 Å². The summed E-state index contributed by atoms with van der Waals surface area (Å²) in [7, 11) is 1.50. The van der Waals surface area contributed by atoms with E-state index >= 15 is 0 Å². The van der Waals surface area contributed by atoms with E-state index in [2.05, 4.69) is 19.2 Å². The molecule has 26 heavy (non-hydrogen) atoms. The van der Waals surface area contributed by atoms with Crippen molar-refractivity contribution in [3.8, 4) is 17.6 Å². The third-order valence-corrected chi connectivity index (χ3v) is 3.99. The van der Waals surface area contributed by atoms with Gasteiger partial charge in [0.2, 0.25) is 0 Å². The first-order valence-electron chi connectivity index (χ1n) is 8.26. The van der Waals surface area contributed by atoms with Crippen LogP contribution in [0.25, 0.3) is 0 Å². The molecule has 2 aromatic carbocycles. The highest BCUT2D eigenvalue weighted by Crippen LogP contribution is 2.36. The second kappa shape index (κ2) is 9.12. The molecule has 2 rings (SSSR count). The number of carbonyl (C=O) groups excluding carboxylic acids is 1. The van der Waals surface area contributed by atoms with Crippen molar-refractivity contribution in [3.05, 3.63) is 52.5 Å². The number of amides is 1. The van der Waals surface area contributed by atoms with Gasteiger partial charge in [-0.15, -0.1) is 0 Å². The fraction of sp³-hybridized carbons (Fsp3) is 0.300. The van der Waals surface area contributed by atoms with Crippen LogP contribution >= 0.6 is 11.6 Å². The van der Waals surface area contributed by atoms with Crippen LogP contribution in [0.5, 0.6) is 11.5 Å². The van der Waals surface area contributed by atoms with E-state index in [9.17, 15) is 4.79 Å². The van der Waals surface area contributed by atoms with Gasteiger partial charge in [0, 0.05) is 11.3 Å². The van der Waals surface area contributed by atoms with Crippen LogP contribution < -0.4 is 14.8 Å². The van der Waals surface area contributed by atoms with Gasteiger partial charge in [-0.25, -0.2) is 0 Å². The first-order valence-corrected chi connectivity index (χ1v) is 8.64. The Morgan fingerprint density at radius 2 is 1.96 bits per heavy atom. The van der Waals surface area contributed by atoms with Crippen LogP contribution in [0.1, 0.15) is 36.2 Å². The van der Waals surface area contributed by atoms with Crippen molar-refractivity contribution in [2.24, 2.45) is 5.92 Å². The monoisotopic (exact) mass is 372 g/mol. The van der Waals surface area contributed by atoms with E-state index in [-0.39, 0.29) is 5.91 Å². The Morgan fingerprint density at radius 3 is 2.54 bits per heavy atom. The maximum absolute atomic E-state index is 12.5. The highest BCUT2D eigenvalue weighted by atomic mass is 35.5. The minimum absolute atomic E-state index is 0.318. The normalized spacial score (nSPS) is 10.3. The molecule has 0 atom stereocenters. The number of benzene rings is 2. The molecule has 0 saturated carbocycles. The van der Waals surface area contributed by atoms with Crippen molar-refractivity contribution < 1.29 is 14.3 Å². The predicted octanol–water partition coefficient (Wildman–Crippen LogP) is 4.90. The number of nitrogens with zero attached hydrogens (tertiary/aromatic N) is 1. The van der Waals surface area contributed by atoms with Gasteiger partial charge >= 0.3 is 0 Å². The smallest absolute Gasteiger partial charge is 0.255 e. The molecule has 0 radical (unpaired) electrons. The summed E-state index contributed by atoms with van der Waals surface area (Å²) in [5.74, 6) is 1.02. The third-order valence-electron chi connectivity index (χ3n) is 3.71. The molecule has 0 fully saturated rings. The molecular formula is C20H21ClN2O3. The summed E-state index contributed by atoms with van der Waals surface area (Å²) in [6.45, 7) is 4.74. The molecule has 0 saturated heterocycles. The lowest BCUT2D eigenvalue weighted by molar-refractivity contribution is 0.102. The first-order chi connectivity index (χ1) is 12.4. The van der Waals surface area contributed by atoms with Gasteiger partial charge in [-0.3, -0.25) is 4.79 Å². The van der Waals surface area contributed by atoms with Gasteiger partial charge in [0.15, 0.2) is 11.5 Å². The Kier molecular flexibility index (Phi) is 6.88. The minimum Gasteiger partial charge on any atom is -0.493 e. The number of nitriles is 1. The molecular weight excluding hydrogens is 352 g/mol. The first kappa shape index (κ1) is 19.6. The van der Waals surface area contributed by atoms with Crippen molar-refractivity contribution in [3.63, 3.8) is 0 Å². The highest BCUT2D eigenvalue weighted by molar-refractivity contribution is 6.32. The van der Waals surface area contributed by atoms with Gasteiger partial charge in [0.05, 0.1) is 30.4 Å². The maximum atomic E-state index is 12.5. The molecule has 0 spiro atoms. The van der Waals surface area contributed by atoms with Gasteiger partial charge < -0.3 is 14.8 Å². The quantitative estimate of drug-likeness (QED) is 0.750. The van der Waals surface area contributed by atoms with Gasteiger partial charge in [-0.1, -0.05) is 25.4 Å². The third kappa shape index (κ3) is 5.14. The molecule has 0 heterocycles. The maximum Gasteiger partial charge on any atom is 0.255 e. The van der Waals surface area contributed by atoms with Gasteiger partial charge in [-0.2, -0.15) is 5.26 Å². The number of hydrogen-bond donors (Lipinski definition) is 1. The Labute approximate surface area is 158 Å². The van der Waals surface area contributed by atoms with Crippen molar-refractivity contribution >= 4 is 23.2 Å². The summed E-state index contributed by atoms with van der Waals surface area (Å²) in [6.07, 6.45) is 0.889. The summed E-state index contributed by atoms with van der Waals surface area (Å²) >= 11 is 6.29. The average Bonchev–Trinajstić information content (AvgIpc) is 2.63. The van der Waals surface area contributed by atoms with Crippen molar-refractivity contribution in [2.45, 2.75) is 20.3 Å². The average molecular weight is 373 g/mol. The van der Waals surface area contributed by atoms with Crippen molar-refractivity contribution in [2.75, 3.05) is 19.0 Å². The van der Waals surface area contributed by atoms with Crippen LogP contribution in [0.2, 0.25) is 5.02 Å². The van der Waals surface area contributed by atoms with E-state index in [0.29, 0.717) is 45.9 Å². The number of carbonyl (C=O) groups is 1. The Balaban J connectivity index is 2.16. The lowest BCUT2D eigenvalue weighted by atomic mass is 10.1. The number of rotatable bonds is 7. The number of anilines is 1. The van der Waals surface area contributed by atoms with Gasteiger partial charge in [-0.05, 0) is 48.7 Å². The van der Waals surface area contributed by atoms with Gasteiger partial charge in [0.1, 0.15) is 0 Å². The zero-order valence-corrected chi connectivity index (χ0v) is 15.8. The fourth-order valence-corrected chi connectivity index (χ4v) is 2.48. The van der Waals surface area contributed by atoms with Crippen LogP contribution in [-0.2, 0) is 0 Å². The molecule has 0 aliphatic heterocycles. The number of halogens is 1. The second-order valence-electron chi connectivity index (χ2n) is 6.16. The Bertz CT molecular complexity index is 811. The van der Waals surface area contributed by atoms with Gasteiger partial charge in [0.25, 0.3) is 5.91 Å². The lowest BCUT2D eigenvalue weighted by Crippen LogP contribution is -2.12. The second-order valence-corrected chi connectivity index (χ2v) is 6.57. The molecule has 0 unspecified atom stereocenters. The number of hydrogen-bond acceptors (Lipinski definition) is 4. The van der Waals surface area contributed by atoms with E-state index in [1.165, 1.54) is 7.11 Å². The molecule has 6 heteroatoms. The largest absolute Gasteiger partial charge is 0.493 e. The number of ether oxygens (including phenoxy) is 2. The molecule has 0 aliphatic rings. The Hall–Kier alpha value is -2.71. The summed E-state index contributed by atoms with van der Waals surface area (Å²) in [5, 5.41) is 11.9. The van der Waals surface area contributed by atoms with E-state index in [0.717, 1.165) is 6.42 Å².